The minimum Gasteiger partial charge on any atom is -0.0807 e. The number of hydrogen-bond donors (Lipinski definition) is 0. The fraction of sp³-hybridized carbons (Fsp3) is 0.0233. The van der Waals surface area contributed by atoms with E-state index in [1.807, 2.05) is 0 Å². The van der Waals surface area contributed by atoms with Crippen LogP contribution in [-0.4, -0.2) is 0 Å². The van der Waals surface area contributed by atoms with Gasteiger partial charge in [0.15, 0.2) is 0 Å². The van der Waals surface area contributed by atoms with Crippen molar-refractivity contribution in [1.29, 1.82) is 0 Å². The summed E-state index contributed by atoms with van der Waals surface area (Å²) in [6.07, 6.45) is 12.1. The maximum absolute atomic E-state index is 2.46. The molecule has 0 bridgehead atoms. The molecule has 43 heavy (non-hydrogen) atoms. The summed E-state index contributed by atoms with van der Waals surface area (Å²) in [5.74, 6) is 0. The van der Waals surface area contributed by atoms with E-state index in [-0.39, 0.29) is 0 Å². The van der Waals surface area contributed by atoms with E-state index in [9.17, 15) is 0 Å². The van der Waals surface area contributed by atoms with Crippen molar-refractivity contribution in [3.63, 3.8) is 0 Å². The van der Waals surface area contributed by atoms with Crippen molar-refractivity contribution in [1.82, 2.24) is 0 Å². The Labute approximate surface area is 250 Å². The van der Waals surface area contributed by atoms with Crippen molar-refractivity contribution in [2.75, 3.05) is 0 Å². The van der Waals surface area contributed by atoms with Gasteiger partial charge in [-0.15, -0.1) is 0 Å². The van der Waals surface area contributed by atoms with Crippen molar-refractivity contribution in [3.05, 3.63) is 163 Å². The third-order valence-electron chi connectivity index (χ3n) is 9.23. The molecule has 0 heteroatoms. The summed E-state index contributed by atoms with van der Waals surface area (Å²) < 4.78 is 0. The molecule has 0 fully saturated rings. The first-order valence-electron chi connectivity index (χ1n) is 15.1. The number of hydrogen-bond acceptors (Lipinski definition) is 0. The van der Waals surface area contributed by atoms with E-state index in [1.165, 1.54) is 87.3 Å². The lowest BCUT2D eigenvalue weighted by molar-refractivity contribution is 1.41. The van der Waals surface area contributed by atoms with Crippen LogP contribution >= 0.6 is 0 Å². The highest BCUT2D eigenvalue weighted by Gasteiger charge is 2.20. The molecule has 8 aromatic rings. The second-order valence-electron chi connectivity index (χ2n) is 11.6. The van der Waals surface area contributed by atoms with Crippen molar-refractivity contribution in [3.8, 4) is 22.3 Å². The maximum atomic E-state index is 2.46. The Bertz CT molecular complexity index is 2450. The number of fused-ring (bicyclic) bond motifs is 3. The van der Waals surface area contributed by atoms with E-state index in [2.05, 4.69) is 158 Å². The van der Waals surface area contributed by atoms with Crippen LogP contribution in [0.3, 0.4) is 0 Å². The van der Waals surface area contributed by atoms with Gasteiger partial charge in [0.25, 0.3) is 0 Å². The molecule has 0 spiro atoms. The molecule has 0 radical (unpaired) electrons. The van der Waals surface area contributed by atoms with Crippen molar-refractivity contribution in [2.24, 2.45) is 0 Å². The molecule has 1 aliphatic carbocycles. The first kappa shape index (κ1) is 24.2. The van der Waals surface area contributed by atoms with Crippen LogP contribution < -0.4 is 0 Å². The Morgan fingerprint density at radius 3 is 1.95 bits per heavy atom. The second-order valence-corrected chi connectivity index (χ2v) is 11.6. The average Bonchev–Trinajstić information content (AvgIpc) is 3.37. The molecule has 0 atom stereocenters. The van der Waals surface area contributed by atoms with E-state index >= 15 is 0 Å². The Morgan fingerprint density at radius 1 is 0.395 bits per heavy atom. The molecule has 8 aromatic carbocycles. The van der Waals surface area contributed by atoms with Crippen LogP contribution in [0.1, 0.15) is 12.0 Å². The summed E-state index contributed by atoms with van der Waals surface area (Å²) in [7, 11) is 0. The van der Waals surface area contributed by atoms with Crippen LogP contribution in [-0.2, 0) is 0 Å². The summed E-state index contributed by atoms with van der Waals surface area (Å²) >= 11 is 0. The fourth-order valence-corrected chi connectivity index (χ4v) is 7.28. The molecular formula is C43H28. The maximum Gasteiger partial charge on any atom is -0.00141 e. The standard InChI is InChI=1S/C43H28/c1-2-5-15-29(14-4-1)39-27-41(40-26-31-16-8-9-17-32(31)34-18-10-11-19-35(34)40)38-25-24-36-33(28-12-6-3-7-13-28)22-20-30-21-23-37(39)43(38)42(30)36/h1-4,6-27H,5H2. The van der Waals surface area contributed by atoms with E-state index in [0.29, 0.717) is 0 Å². The van der Waals surface area contributed by atoms with Crippen molar-refractivity contribution >= 4 is 59.4 Å². The number of benzene rings is 8. The van der Waals surface area contributed by atoms with Gasteiger partial charge in [0.2, 0.25) is 0 Å². The van der Waals surface area contributed by atoms with Gasteiger partial charge in [0.1, 0.15) is 0 Å². The first-order valence-corrected chi connectivity index (χ1v) is 15.1. The van der Waals surface area contributed by atoms with Crippen molar-refractivity contribution in [2.45, 2.75) is 6.42 Å². The smallest absolute Gasteiger partial charge is 0.00141 e. The minimum absolute atomic E-state index is 0.927. The molecule has 0 unspecified atom stereocenters. The topological polar surface area (TPSA) is 0 Å². The largest absolute Gasteiger partial charge is 0.0807 e. The molecular weight excluding hydrogens is 516 g/mol. The molecule has 1 aliphatic rings. The molecule has 0 aromatic heterocycles. The lowest BCUT2D eigenvalue weighted by atomic mass is 9.82. The third kappa shape index (κ3) is 3.70. The molecule has 200 valence electrons. The van der Waals surface area contributed by atoms with Gasteiger partial charge in [-0.05, 0) is 106 Å². The van der Waals surface area contributed by atoms with Crippen LogP contribution in [0.5, 0.6) is 0 Å². The molecule has 0 saturated carbocycles. The predicted molar refractivity (Wildman–Crippen MR) is 187 cm³/mol. The Morgan fingerprint density at radius 2 is 1.07 bits per heavy atom. The van der Waals surface area contributed by atoms with Crippen LogP contribution in [0, 0.1) is 0 Å². The monoisotopic (exact) mass is 544 g/mol. The molecule has 0 saturated heterocycles. The Hall–Kier alpha value is -5.46. The first-order chi connectivity index (χ1) is 21.3. The highest BCUT2D eigenvalue weighted by molar-refractivity contribution is 6.30. The zero-order chi connectivity index (χ0) is 28.3. The highest BCUT2D eigenvalue weighted by Crippen LogP contribution is 2.47. The molecule has 0 amide bonds. The molecule has 0 aliphatic heterocycles. The van der Waals surface area contributed by atoms with Crippen LogP contribution in [0.2, 0.25) is 0 Å². The lowest BCUT2D eigenvalue weighted by Gasteiger charge is -2.21. The van der Waals surface area contributed by atoms with Gasteiger partial charge < -0.3 is 0 Å². The molecule has 0 heterocycles. The highest BCUT2D eigenvalue weighted by atomic mass is 14.2. The summed E-state index contributed by atoms with van der Waals surface area (Å²) in [5, 5.41) is 13.1. The fourth-order valence-electron chi connectivity index (χ4n) is 7.28. The molecule has 9 rings (SSSR count). The molecule has 0 N–H and O–H groups in total. The van der Waals surface area contributed by atoms with Gasteiger partial charge in [0, 0.05) is 0 Å². The van der Waals surface area contributed by atoms with Gasteiger partial charge >= 0.3 is 0 Å². The van der Waals surface area contributed by atoms with E-state index in [0.717, 1.165) is 6.42 Å². The average molecular weight is 545 g/mol. The lowest BCUT2D eigenvalue weighted by Crippen LogP contribution is -1.94. The van der Waals surface area contributed by atoms with Gasteiger partial charge in [-0.1, -0.05) is 146 Å². The van der Waals surface area contributed by atoms with Crippen LogP contribution in [0.4, 0.5) is 0 Å². The Kier molecular flexibility index (Phi) is 5.36. The van der Waals surface area contributed by atoms with Gasteiger partial charge in [-0.3, -0.25) is 0 Å². The van der Waals surface area contributed by atoms with Crippen molar-refractivity contribution < 1.29 is 0 Å². The van der Waals surface area contributed by atoms with Crippen LogP contribution in [0.15, 0.2) is 158 Å². The summed E-state index contributed by atoms with van der Waals surface area (Å²) in [6, 6.07) is 47.3. The summed E-state index contributed by atoms with van der Waals surface area (Å²) in [6.45, 7) is 0. The zero-order valence-electron chi connectivity index (χ0n) is 23.7. The van der Waals surface area contributed by atoms with Gasteiger partial charge in [-0.25, -0.2) is 0 Å². The minimum atomic E-state index is 0.927. The Balaban J connectivity index is 1.47. The quantitative estimate of drug-likeness (QED) is 0.194. The normalized spacial score (nSPS) is 13.4. The predicted octanol–water partition coefficient (Wildman–Crippen LogP) is 12.1. The van der Waals surface area contributed by atoms with Gasteiger partial charge in [-0.2, -0.15) is 0 Å². The molecule has 0 nitrogen and oxygen atoms in total. The third-order valence-corrected chi connectivity index (χ3v) is 9.23. The number of allylic oxidation sites excluding steroid dienone is 6. The van der Waals surface area contributed by atoms with E-state index in [4.69, 9.17) is 0 Å². The van der Waals surface area contributed by atoms with E-state index in [1.54, 1.807) is 0 Å². The van der Waals surface area contributed by atoms with Gasteiger partial charge in [0.05, 0.1) is 0 Å². The summed E-state index contributed by atoms with van der Waals surface area (Å²) in [4.78, 5) is 0. The number of rotatable bonds is 3. The second kappa shape index (κ2) is 9.54. The van der Waals surface area contributed by atoms with Crippen LogP contribution in [0.25, 0.3) is 81.7 Å². The zero-order valence-corrected chi connectivity index (χ0v) is 23.7. The summed E-state index contributed by atoms with van der Waals surface area (Å²) in [5.41, 5.74) is 7.67. The van der Waals surface area contributed by atoms with E-state index < -0.39 is 0 Å². The SMILES string of the molecule is C1=CCC=C(c2cc(-c3cc4ccccc4c4ccccc34)c3ccc4c(-c5ccccc5)ccc5ccc2c3c54)C=C1.